The minimum Gasteiger partial charge on any atom is -0.398 e. The van der Waals surface area contributed by atoms with Gasteiger partial charge in [0.15, 0.2) is 0 Å². The number of anilines is 1. The van der Waals surface area contributed by atoms with E-state index in [-0.39, 0.29) is 10.8 Å². The van der Waals surface area contributed by atoms with Crippen LogP contribution >= 0.6 is 23.2 Å². The zero-order valence-corrected chi connectivity index (χ0v) is 10.2. The molecule has 0 heterocycles. The Kier molecular flexibility index (Phi) is 3.68. The SMILES string of the molecule is Cc1ccc(N)c(C(C)Cl)c1C(C)Cl. The topological polar surface area (TPSA) is 26.0 Å². The molecule has 0 aromatic heterocycles. The number of benzene rings is 1. The molecular formula is C11H15Cl2N. The minimum atomic E-state index is -0.105. The molecule has 1 aromatic carbocycles. The zero-order chi connectivity index (χ0) is 10.9. The zero-order valence-electron chi connectivity index (χ0n) is 8.64. The van der Waals surface area contributed by atoms with Crippen LogP contribution in [0.1, 0.15) is 41.3 Å². The van der Waals surface area contributed by atoms with E-state index in [4.69, 9.17) is 28.9 Å². The van der Waals surface area contributed by atoms with Crippen LogP contribution in [0.5, 0.6) is 0 Å². The van der Waals surface area contributed by atoms with Crippen molar-refractivity contribution >= 4 is 28.9 Å². The maximum absolute atomic E-state index is 6.12. The number of rotatable bonds is 2. The molecule has 2 unspecified atom stereocenters. The normalized spacial score (nSPS) is 15.2. The monoisotopic (exact) mass is 231 g/mol. The highest BCUT2D eigenvalue weighted by Gasteiger charge is 2.17. The third-order valence-electron chi connectivity index (χ3n) is 2.33. The van der Waals surface area contributed by atoms with E-state index < -0.39 is 0 Å². The molecule has 14 heavy (non-hydrogen) atoms. The molecule has 0 aliphatic carbocycles. The molecule has 1 rings (SSSR count). The van der Waals surface area contributed by atoms with Crippen molar-refractivity contribution in [3.63, 3.8) is 0 Å². The van der Waals surface area contributed by atoms with Crippen molar-refractivity contribution in [1.82, 2.24) is 0 Å². The Morgan fingerprint density at radius 1 is 1.07 bits per heavy atom. The first-order valence-electron chi connectivity index (χ1n) is 4.62. The Morgan fingerprint density at radius 3 is 1.93 bits per heavy atom. The van der Waals surface area contributed by atoms with Crippen molar-refractivity contribution in [2.45, 2.75) is 31.5 Å². The van der Waals surface area contributed by atoms with Gasteiger partial charge in [-0.2, -0.15) is 0 Å². The number of hydrogen-bond donors (Lipinski definition) is 1. The van der Waals surface area contributed by atoms with Crippen LogP contribution in [0.15, 0.2) is 12.1 Å². The van der Waals surface area contributed by atoms with Crippen LogP contribution < -0.4 is 5.73 Å². The highest BCUT2D eigenvalue weighted by atomic mass is 35.5. The van der Waals surface area contributed by atoms with Gasteiger partial charge in [0.25, 0.3) is 0 Å². The smallest absolute Gasteiger partial charge is 0.0580 e. The van der Waals surface area contributed by atoms with Crippen molar-refractivity contribution in [2.24, 2.45) is 0 Å². The number of alkyl halides is 2. The molecule has 1 nitrogen and oxygen atoms in total. The Hall–Kier alpha value is -0.400. The quantitative estimate of drug-likeness (QED) is 0.600. The Bertz CT molecular complexity index is 299. The summed E-state index contributed by atoms with van der Waals surface area (Å²) in [6.07, 6.45) is 0. The number of nitrogens with two attached hydrogens (primary N) is 1. The molecule has 2 N–H and O–H groups in total. The van der Waals surface area contributed by atoms with Crippen LogP contribution in [-0.4, -0.2) is 0 Å². The molecule has 78 valence electrons. The molecule has 0 aliphatic heterocycles. The minimum absolute atomic E-state index is 0.0605. The molecule has 0 spiro atoms. The first kappa shape index (κ1) is 11.7. The third-order valence-corrected chi connectivity index (χ3v) is 2.77. The molecule has 0 aliphatic rings. The van der Waals surface area contributed by atoms with Gasteiger partial charge in [-0.3, -0.25) is 0 Å². The third kappa shape index (κ3) is 2.15. The summed E-state index contributed by atoms with van der Waals surface area (Å²) in [5, 5.41) is -0.166. The van der Waals surface area contributed by atoms with Crippen LogP contribution in [-0.2, 0) is 0 Å². The molecule has 2 atom stereocenters. The van der Waals surface area contributed by atoms with Gasteiger partial charge in [-0.15, -0.1) is 23.2 Å². The highest BCUT2D eigenvalue weighted by Crippen LogP contribution is 2.36. The van der Waals surface area contributed by atoms with Crippen LogP contribution in [0.2, 0.25) is 0 Å². The Morgan fingerprint density at radius 2 is 1.57 bits per heavy atom. The lowest BCUT2D eigenvalue weighted by molar-refractivity contribution is 0.973. The van der Waals surface area contributed by atoms with Crippen molar-refractivity contribution in [2.75, 3.05) is 5.73 Å². The molecule has 0 fully saturated rings. The molecule has 0 amide bonds. The predicted molar refractivity (Wildman–Crippen MR) is 64.1 cm³/mol. The van der Waals surface area contributed by atoms with Gasteiger partial charge in [0.1, 0.15) is 0 Å². The van der Waals surface area contributed by atoms with E-state index in [9.17, 15) is 0 Å². The first-order chi connectivity index (χ1) is 6.45. The van der Waals surface area contributed by atoms with Crippen molar-refractivity contribution in [3.8, 4) is 0 Å². The average Bonchev–Trinajstić information content (AvgIpc) is 2.07. The van der Waals surface area contributed by atoms with Gasteiger partial charge in [-0.25, -0.2) is 0 Å². The number of hydrogen-bond acceptors (Lipinski definition) is 1. The van der Waals surface area contributed by atoms with Crippen LogP contribution in [0, 0.1) is 6.92 Å². The largest absolute Gasteiger partial charge is 0.398 e. The standard InChI is InChI=1S/C11H15Cl2N/c1-6-4-5-9(14)11(8(3)13)10(6)7(2)12/h4-5,7-8H,14H2,1-3H3. The lowest BCUT2D eigenvalue weighted by Gasteiger charge is -2.18. The molecule has 0 radical (unpaired) electrons. The fraction of sp³-hybridized carbons (Fsp3) is 0.455. The molecule has 1 aromatic rings. The maximum atomic E-state index is 6.12. The van der Waals surface area contributed by atoms with E-state index in [0.29, 0.717) is 0 Å². The van der Waals surface area contributed by atoms with Gasteiger partial charge in [-0.05, 0) is 43.5 Å². The van der Waals surface area contributed by atoms with Crippen LogP contribution in [0.3, 0.4) is 0 Å². The molecule has 0 bridgehead atoms. The van der Waals surface area contributed by atoms with Gasteiger partial charge >= 0.3 is 0 Å². The van der Waals surface area contributed by atoms with E-state index in [1.165, 1.54) is 0 Å². The Balaban J connectivity index is 3.42. The summed E-state index contributed by atoms with van der Waals surface area (Å²) in [7, 11) is 0. The second-order valence-electron chi connectivity index (χ2n) is 3.53. The second kappa shape index (κ2) is 4.41. The predicted octanol–water partition coefficient (Wildman–Crippen LogP) is 4.18. The molecular weight excluding hydrogens is 217 g/mol. The molecule has 0 saturated heterocycles. The summed E-state index contributed by atoms with van der Waals surface area (Å²) in [5.74, 6) is 0. The fourth-order valence-electron chi connectivity index (χ4n) is 1.73. The van der Waals surface area contributed by atoms with E-state index in [1.807, 2.05) is 32.9 Å². The Labute approximate surface area is 95.2 Å². The van der Waals surface area contributed by atoms with Crippen LogP contribution in [0.4, 0.5) is 5.69 Å². The second-order valence-corrected chi connectivity index (χ2v) is 4.84. The van der Waals surface area contributed by atoms with E-state index in [0.717, 1.165) is 22.4 Å². The van der Waals surface area contributed by atoms with Crippen molar-refractivity contribution in [1.29, 1.82) is 0 Å². The summed E-state index contributed by atoms with van der Waals surface area (Å²) < 4.78 is 0. The van der Waals surface area contributed by atoms with Gasteiger partial charge in [0.05, 0.1) is 10.8 Å². The lowest BCUT2D eigenvalue weighted by atomic mass is 9.96. The average molecular weight is 232 g/mol. The first-order valence-corrected chi connectivity index (χ1v) is 5.49. The lowest BCUT2D eigenvalue weighted by Crippen LogP contribution is -2.03. The van der Waals surface area contributed by atoms with Crippen molar-refractivity contribution < 1.29 is 0 Å². The summed E-state index contributed by atoms with van der Waals surface area (Å²) in [6, 6.07) is 3.86. The summed E-state index contributed by atoms with van der Waals surface area (Å²) in [4.78, 5) is 0. The van der Waals surface area contributed by atoms with Gasteiger partial charge in [0, 0.05) is 5.69 Å². The van der Waals surface area contributed by atoms with Gasteiger partial charge < -0.3 is 5.73 Å². The summed E-state index contributed by atoms with van der Waals surface area (Å²) in [5.41, 5.74) is 9.78. The number of nitrogen functional groups attached to an aromatic ring is 1. The fourth-order valence-corrected chi connectivity index (χ4v) is 2.27. The van der Waals surface area contributed by atoms with Crippen LogP contribution in [0.25, 0.3) is 0 Å². The summed E-state index contributed by atoms with van der Waals surface area (Å²) >= 11 is 12.2. The molecule has 3 heteroatoms. The van der Waals surface area contributed by atoms with Gasteiger partial charge in [0.2, 0.25) is 0 Å². The molecule has 0 saturated carbocycles. The van der Waals surface area contributed by atoms with E-state index >= 15 is 0 Å². The van der Waals surface area contributed by atoms with E-state index in [2.05, 4.69) is 0 Å². The maximum Gasteiger partial charge on any atom is 0.0580 e. The number of halogens is 2. The van der Waals surface area contributed by atoms with E-state index in [1.54, 1.807) is 0 Å². The van der Waals surface area contributed by atoms with Crippen molar-refractivity contribution in [3.05, 3.63) is 28.8 Å². The van der Waals surface area contributed by atoms with Gasteiger partial charge in [-0.1, -0.05) is 6.07 Å². The number of aryl methyl sites for hydroxylation is 1. The highest BCUT2D eigenvalue weighted by molar-refractivity contribution is 6.23. The summed E-state index contributed by atoms with van der Waals surface area (Å²) in [6.45, 7) is 5.87.